The third kappa shape index (κ3) is 5.02. The predicted octanol–water partition coefficient (Wildman–Crippen LogP) is 16.5. The van der Waals surface area contributed by atoms with Crippen molar-refractivity contribution < 1.29 is 4.42 Å². The van der Waals surface area contributed by atoms with Crippen LogP contribution in [-0.2, 0) is 10.8 Å². The Bertz CT molecular complexity index is 3590. The van der Waals surface area contributed by atoms with Gasteiger partial charge in [-0.2, -0.15) is 0 Å². The number of fused-ring (bicyclic) bond motifs is 11. The fourth-order valence-electron chi connectivity index (χ4n) is 11.7. The van der Waals surface area contributed by atoms with E-state index < -0.39 is 5.41 Å². The molecule has 0 saturated heterocycles. The first kappa shape index (κ1) is 36.7. The van der Waals surface area contributed by atoms with E-state index in [4.69, 9.17) is 4.42 Å². The summed E-state index contributed by atoms with van der Waals surface area (Å²) in [7, 11) is 0. The van der Waals surface area contributed by atoms with Gasteiger partial charge in [0.05, 0.1) is 16.8 Å². The third-order valence-corrected chi connectivity index (χ3v) is 14.3. The Morgan fingerprint density at radius 3 is 1.72 bits per heavy atom. The van der Waals surface area contributed by atoms with Gasteiger partial charge < -0.3 is 9.32 Å². The van der Waals surface area contributed by atoms with Crippen LogP contribution in [0.15, 0.2) is 229 Å². The lowest BCUT2D eigenvalue weighted by Crippen LogP contribution is -2.28. The van der Waals surface area contributed by atoms with E-state index in [2.05, 4.69) is 237 Å². The van der Waals surface area contributed by atoms with Crippen LogP contribution in [0.3, 0.4) is 0 Å². The van der Waals surface area contributed by atoms with Crippen LogP contribution in [0.25, 0.3) is 66.1 Å². The summed E-state index contributed by atoms with van der Waals surface area (Å²) in [5.74, 6) is 0. The molecule has 0 unspecified atom stereocenters. The molecule has 2 nitrogen and oxygen atoms in total. The number of para-hydroxylation sites is 1. The van der Waals surface area contributed by atoms with Gasteiger partial charge in [-0.15, -0.1) is 0 Å². The van der Waals surface area contributed by atoms with Crippen LogP contribution in [0.4, 0.5) is 17.1 Å². The lowest BCUT2D eigenvalue weighted by atomic mass is 9.68. The minimum absolute atomic E-state index is 0.218. The Labute approximate surface area is 373 Å². The summed E-state index contributed by atoms with van der Waals surface area (Å²) < 4.78 is 6.36. The van der Waals surface area contributed by atoms with E-state index in [1.54, 1.807) is 0 Å². The van der Waals surface area contributed by atoms with Crippen LogP contribution in [0, 0.1) is 0 Å². The smallest absolute Gasteiger partial charge is 0.136 e. The summed E-state index contributed by atoms with van der Waals surface area (Å²) in [4.78, 5) is 2.57. The molecule has 0 fully saturated rings. The molecule has 0 atom stereocenters. The molecule has 2 aliphatic carbocycles. The molecule has 302 valence electrons. The zero-order valence-electron chi connectivity index (χ0n) is 35.7. The number of benzene rings is 10. The van der Waals surface area contributed by atoms with E-state index >= 15 is 0 Å². The summed E-state index contributed by atoms with van der Waals surface area (Å²) in [6, 6.07) is 82.8. The molecule has 0 radical (unpaired) electrons. The standard InChI is InChI=1S/C62H43NO/c1-61(2)50-29-14-11-25-47(50)59-54(39-41-19-9-10-24-46(41)60(59)61)63(44-37-35-40(36-38-44)45-28-17-34-56-57(45)49-27-13-16-33-55(49)64-56)53-32-18-31-52-58(53)48-26-12-15-30-51(48)62(52,42-20-5-3-6-21-42)43-22-7-4-8-23-43/h3-39H,1-2H3. The van der Waals surface area contributed by atoms with E-state index in [1.165, 1.54) is 72.1 Å². The molecule has 1 heterocycles. The molecule has 13 rings (SSSR count). The molecule has 2 heteroatoms. The topological polar surface area (TPSA) is 16.4 Å². The number of nitrogens with zero attached hydrogens (tertiary/aromatic N) is 1. The predicted molar refractivity (Wildman–Crippen MR) is 266 cm³/mol. The molecule has 0 amide bonds. The number of rotatable bonds is 6. The van der Waals surface area contributed by atoms with Crippen molar-refractivity contribution in [1.82, 2.24) is 0 Å². The highest BCUT2D eigenvalue weighted by Gasteiger charge is 2.48. The Morgan fingerprint density at radius 1 is 0.406 bits per heavy atom. The summed E-state index contributed by atoms with van der Waals surface area (Å²) in [5.41, 5.74) is 19.7. The Morgan fingerprint density at radius 2 is 0.969 bits per heavy atom. The van der Waals surface area contributed by atoms with E-state index in [1.807, 2.05) is 6.07 Å². The summed E-state index contributed by atoms with van der Waals surface area (Å²) in [6.07, 6.45) is 0. The van der Waals surface area contributed by atoms with Gasteiger partial charge in [-0.05, 0) is 103 Å². The maximum Gasteiger partial charge on any atom is 0.136 e. The summed E-state index contributed by atoms with van der Waals surface area (Å²) in [6.45, 7) is 4.80. The van der Waals surface area contributed by atoms with Gasteiger partial charge in [0.25, 0.3) is 0 Å². The van der Waals surface area contributed by atoms with Crippen LogP contribution >= 0.6 is 0 Å². The lowest BCUT2D eigenvalue weighted by Gasteiger charge is -2.35. The van der Waals surface area contributed by atoms with E-state index in [0.717, 1.165) is 44.4 Å². The van der Waals surface area contributed by atoms with Gasteiger partial charge >= 0.3 is 0 Å². The number of hydrogen-bond donors (Lipinski definition) is 0. The third-order valence-electron chi connectivity index (χ3n) is 14.3. The maximum atomic E-state index is 6.36. The molecule has 10 aromatic carbocycles. The molecular weight excluding hydrogens is 775 g/mol. The van der Waals surface area contributed by atoms with Gasteiger partial charge in [-0.3, -0.25) is 0 Å². The normalized spacial score (nSPS) is 14.0. The van der Waals surface area contributed by atoms with Crippen molar-refractivity contribution in [3.8, 4) is 33.4 Å². The van der Waals surface area contributed by atoms with Gasteiger partial charge in [0.2, 0.25) is 0 Å². The van der Waals surface area contributed by atoms with Crippen molar-refractivity contribution in [2.45, 2.75) is 24.7 Å². The first-order valence-corrected chi connectivity index (χ1v) is 22.3. The van der Waals surface area contributed by atoms with E-state index in [9.17, 15) is 0 Å². The highest BCUT2D eigenvalue weighted by Crippen LogP contribution is 2.62. The molecule has 11 aromatic rings. The monoisotopic (exact) mass is 817 g/mol. The van der Waals surface area contributed by atoms with Gasteiger partial charge in [-0.1, -0.05) is 202 Å². The van der Waals surface area contributed by atoms with Crippen molar-refractivity contribution in [2.24, 2.45) is 0 Å². The summed E-state index contributed by atoms with van der Waals surface area (Å²) in [5, 5.41) is 4.80. The first-order chi connectivity index (χ1) is 31.5. The Hall–Kier alpha value is -7.94. The van der Waals surface area contributed by atoms with Crippen molar-refractivity contribution in [3.63, 3.8) is 0 Å². The Kier molecular flexibility index (Phi) is 7.90. The quantitative estimate of drug-likeness (QED) is 0.166. The zero-order valence-corrected chi connectivity index (χ0v) is 35.7. The number of hydrogen-bond acceptors (Lipinski definition) is 2. The van der Waals surface area contributed by atoms with Gasteiger partial charge in [-0.25, -0.2) is 0 Å². The van der Waals surface area contributed by atoms with Gasteiger partial charge in [0, 0.05) is 33.0 Å². The molecule has 1 aromatic heterocycles. The van der Waals surface area contributed by atoms with Crippen LogP contribution < -0.4 is 4.90 Å². The minimum Gasteiger partial charge on any atom is -0.456 e. The highest BCUT2D eigenvalue weighted by molar-refractivity contribution is 6.13. The van der Waals surface area contributed by atoms with Crippen LogP contribution in [0.5, 0.6) is 0 Å². The molecule has 64 heavy (non-hydrogen) atoms. The lowest BCUT2D eigenvalue weighted by molar-refractivity contribution is 0.666. The van der Waals surface area contributed by atoms with Crippen LogP contribution in [0.2, 0.25) is 0 Å². The molecule has 0 bridgehead atoms. The molecule has 2 aliphatic rings. The minimum atomic E-state index is -0.536. The van der Waals surface area contributed by atoms with Gasteiger partial charge in [0.15, 0.2) is 0 Å². The second-order valence-corrected chi connectivity index (χ2v) is 17.9. The first-order valence-electron chi connectivity index (χ1n) is 22.3. The molecule has 0 aliphatic heterocycles. The SMILES string of the molecule is CC1(C)c2ccccc2-c2c(N(c3ccc(-c4cccc5oc6ccccc6c45)cc3)c3cccc4c3-c3ccccc3C4(c3ccccc3)c3ccccc3)cc3ccccc3c21. The fourth-order valence-corrected chi connectivity index (χ4v) is 11.7. The average Bonchev–Trinajstić information content (AvgIpc) is 3.97. The highest BCUT2D eigenvalue weighted by atomic mass is 16.3. The van der Waals surface area contributed by atoms with Crippen LogP contribution in [0.1, 0.15) is 47.2 Å². The molecule has 0 N–H and O–H groups in total. The largest absolute Gasteiger partial charge is 0.456 e. The van der Waals surface area contributed by atoms with E-state index in [0.29, 0.717) is 0 Å². The van der Waals surface area contributed by atoms with E-state index in [-0.39, 0.29) is 5.41 Å². The average molecular weight is 818 g/mol. The zero-order chi connectivity index (χ0) is 42.6. The fraction of sp³-hybridized carbons (Fsp3) is 0.0645. The second-order valence-electron chi connectivity index (χ2n) is 17.9. The number of anilines is 3. The van der Waals surface area contributed by atoms with Crippen molar-refractivity contribution in [3.05, 3.63) is 258 Å². The molecule has 0 saturated carbocycles. The molecular formula is C62H43NO. The molecule has 0 spiro atoms. The van der Waals surface area contributed by atoms with Crippen molar-refractivity contribution in [2.75, 3.05) is 4.90 Å². The maximum absolute atomic E-state index is 6.36. The van der Waals surface area contributed by atoms with Crippen LogP contribution in [-0.4, -0.2) is 0 Å². The van der Waals surface area contributed by atoms with Crippen molar-refractivity contribution in [1.29, 1.82) is 0 Å². The van der Waals surface area contributed by atoms with Crippen molar-refractivity contribution >= 4 is 49.8 Å². The summed E-state index contributed by atoms with van der Waals surface area (Å²) >= 11 is 0. The van der Waals surface area contributed by atoms with Gasteiger partial charge in [0.1, 0.15) is 11.2 Å². The number of furan rings is 1. The second kappa shape index (κ2) is 13.8. The Balaban J connectivity index is 1.13.